The monoisotopic (exact) mass is 453 g/mol. The summed E-state index contributed by atoms with van der Waals surface area (Å²) in [5.74, 6) is 0. The van der Waals surface area contributed by atoms with Gasteiger partial charge in [-0.05, 0) is 46.9 Å². The molecule has 0 atom stereocenters. The molecule has 0 amide bonds. The van der Waals surface area contributed by atoms with Crippen LogP contribution in [0.25, 0.3) is 44.9 Å². The van der Waals surface area contributed by atoms with Gasteiger partial charge in [-0.1, -0.05) is 98.8 Å². The molecule has 5 aromatic rings. The summed E-state index contributed by atoms with van der Waals surface area (Å²) in [6.07, 6.45) is 2.15. The first kappa shape index (κ1) is 21.5. The third kappa shape index (κ3) is 3.40. The second kappa shape index (κ2) is 8.02. The van der Waals surface area contributed by atoms with E-state index in [9.17, 15) is 0 Å². The van der Waals surface area contributed by atoms with E-state index in [4.69, 9.17) is 4.98 Å². The van der Waals surface area contributed by atoms with Gasteiger partial charge in [0.05, 0.1) is 5.56 Å². The van der Waals surface area contributed by atoms with E-state index < -0.39 is 0 Å². The Morgan fingerprint density at radius 3 is 2.09 bits per heavy atom. The molecule has 35 heavy (non-hydrogen) atoms. The molecule has 0 saturated carbocycles. The summed E-state index contributed by atoms with van der Waals surface area (Å²) in [5.41, 5.74) is 13.2. The second-order valence-electron chi connectivity index (χ2n) is 10.0. The number of nitrogens with zero attached hydrogens (tertiary/aromatic N) is 2. The van der Waals surface area contributed by atoms with Gasteiger partial charge in [0.25, 0.3) is 0 Å². The van der Waals surface area contributed by atoms with Crippen molar-refractivity contribution in [1.29, 1.82) is 0 Å². The maximum absolute atomic E-state index is 5.29. The maximum Gasteiger partial charge on any atom is 0.239 e. The highest BCUT2D eigenvalue weighted by Gasteiger charge is 2.36. The van der Waals surface area contributed by atoms with E-state index in [1.54, 1.807) is 0 Å². The van der Waals surface area contributed by atoms with E-state index in [1.807, 2.05) is 6.07 Å². The van der Waals surface area contributed by atoms with Crippen molar-refractivity contribution in [2.24, 2.45) is 7.05 Å². The Balaban J connectivity index is 1.62. The fourth-order valence-electron chi connectivity index (χ4n) is 5.57. The highest BCUT2D eigenvalue weighted by atomic mass is 15.0. The Bertz CT molecular complexity index is 1580. The third-order valence-electron chi connectivity index (χ3n) is 7.45. The summed E-state index contributed by atoms with van der Waals surface area (Å²) in [7, 11) is 2.13. The van der Waals surface area contributed by atoms with Gasteiger partial charge < -0.3 is 0 Å². The molecule has 0 saturated heterocycles. The number of hydrogen-bond donors (Lipinski definition) is 0. The molecule has 0 bridgehead atoms. The quantitative estimate of drug-likeness (QED) is 0.258. The molecular weight excluding hydrogens is 424 g/mol. The van der Waals surface area contributed by atoms with Gasteiger partial charge in [-0.25, -0.2) is 4.98 Å². The molecule has 0 N–H and O–H groups in total. The van der Waals surface area contributed by atoms with Crippen LogP contribution in [0.4, 0.5) is 0 Å². The standard InChI is InChI=1S/C33H29N2/c1-22-12-8-9-15-25(22)32-31(34-30(21-35(32)4)23-13-6-5-7-14-23)24-18-19-27-26-16-10-11-17-28(26)33(2,3)29(27)20-24/h5-21H,1-4H3/q+1. The number of rotatable bonds is 3. The molecule has 1 aromatic heterocycles. The Morgan fingerprint density at radius 1 is 0.657 bits per heavy atom. The summed E-state index contributed by atoms with van der Waals surface area (Å²) in [6, 6.07) is 34.7. The number of fused-ring (bicyclic) bond motifs is 3. The lowest BCUT2D eigenvalue weighted by Crippen LogP contribution is -2.32. The van der Waals surface area contributed by atoms with Gasteiger partial charge in [0.2, 0.25) is 5.69 Å². The Labute approximate surface area is 207 Å². The van der Waals surface area contributed by atoms with Crippen molar-refractivity contribution in [2.75, 3.05) is 0 Å². The molecule has 170 valence electrons. The molecule has 0 spiro atoms. The van der Waals surface area contributed by atoms with Crippen molar-refractivity contribution < 1.29 is 4.57 Å². The predicted octanol–water partition coefficient (Wildman–Crippen LogP) is 7.52. The lowest BCUT2D eigenvalue weighted by Gasteiger charge is -2.22. The van der Waals surface area contributed by atoms with Crippen molar-refractivity contribution in [3.63, 3.8) is 0 Å². The van der Waals surface area contributed by atoms with Crippen LogP contribution in [0.3, 0.4) is 0 Å². The van der Waals surface area contributed by atoms with Crippen molar-refractivity contribution >= 4 is 0 Å². The van der Waals surface area contributed by atoms with Crippen LogP contribution in [0.5, 0.6) is 0 Å². The smallest absolute Gasteiger partial charge is 0.234 e. The fourth-order valence-corrected chi connectivity index (χ4v) is 5.57. The second-order valence-corrected chi connectivity index (χ2v) is 10.0. The van der Waals surface area contributed by atoms with Crippen LogP contribution in [-0.4, -0.2) is 4.98 Å². The number of hydrogen-bond acceptors (Lipinski definition) is 1. The molecule has 1 aliphatic carbocycles. The van der Waals surface area contributed by atoms with Gasteiger partial charge in [-0.2, -0.15) is 4.57 Å². The topological polar surface area (TPSA) is 16.8 Å². The molecule has 0 fully saturated rings. The van der Waals surface area contributed by atoms with Crippen LogP contribution in [0.15, 0.2) is 103 Å². The summed E-state index contributed by atoms with van der Waals surface area (Å²) in [5, 5.41) is 0. The van der Waals surface area contributed by atoms with Crippen LogP contribution in [0.2, 0.25) is 0 Å². The molecule has 4 aromatic carbocycles. The van der Waals surface area contributed by atoms with Crippen LogP contribution in [-0.2, 0) is 12.5 Å². The minimum atomic E-state index is -0.0516. The Kier molecular flexibility index (Phi) is 4.93. The van der Waals surface area contributed by atoms with Crippen molar-refractivity contribution in [2.45, 2.75) is 26.2 Å². The van der Waals surface area contributed by atoms with Gasteiger partial charge >= 0.3 is 0 Å². The van der Waals surface area contributed by atoms with Crippen molar-refractivity contribution in [1.82, 2.24) is 4.98 Å². The van der Waals surface area contributed by atoms with Crippen LogP contribution < -0.4 is 4.57 Å². The summed E-state index contributed by atoms with van der Waals surface area (Å²) >= 11 is 0. The minimum Gasteiger partial charge on any atom is -0.234 e. The maximum atomic E-state index is 5.29. The summed E-state index contributed by atoms with van der Waals surface area (Å²) < 4.78 is 2.24. The first-order valence-electron chi connectivity index (χ1n) is 12.2. The highest BCUT2D eigenvalue weighted by molar-refractivity contribution is 5.86. The molecule has 2 nitrogen and oxygen atoms in total. The molecule has 2 heteroatoms. The lowest BCUT2D eigenvalue weighted by atomic mass is 9.81. The van der Waals surface area contributed by atoms with Gasteiger partial charge in [-0.3, -0.25) is 0 Å². The molecule has 6 rings (SSSR count). The summed E-state index contributed by atoms with van der Waals surface area (Å²) in [4.78, 5) is 5.29. The molecule has 0 radical (unpaired) electrons. The van der Waals surface area contributed by atoms with E-state index in [0.717, 1.165) is 28.2 Å². The van der Waals surface area contributed by atoms with E-state index in [1.165, 1.54) is 33.4 Å². The Hall–Kier alpha value is -4.04. The zero-order valence-electron chi connectivity index (χ0n) is 20.7. The Morgan fingerprint density at radius 2 is 1.31 bits per heavy atom. The molecule has 0 unspecified atom stereocenters. The number of benzene rings is 4. The van der Waals surface area contributed by atoms with Gasteiger partial charge in [0, 0.05) is 16.5 Å². The van der Waals surface area contributed by atoms with E-state index >= 15 is 0 Å². The molecule has 0 aliphatic heterocycles. The van der Waals surface area contributed by atoms with E-state index in [2.05, 4.69) is 130 Å². The van der Waals surface area contributed by atoms with Gasteiger partial charge in [-0.15, -0.1) is 0 Å². The lowest BCUT2D eigenvalue weighted by molar-refractivity contribution is -0.659. The normalized spacial score (nSPS) is 13.4. The average Bonchev–Trinajstić information content (AvgIpc) is 3.11. The van der Waals surface area contributed by atoms with E-state index in [-0.39, 0.29) is 5.41 Å². The van der Waals surface area contributed by atoms with Gasteiger partial charge in [0.1, 0.15) is 18.4 Å². The highest BCUT2D eigenvalue weighted by Crippen LogP contribution is 2.49. The van der Waals surface area contributed by atoms with Crippen LogP contribution in [0.1, 0.15) is 30.5 Å². The number of aryl methyl sites for hydroxylation is 2. The fraction of sp³-hybridized carbons (Fsp3) is 0.152. The SMILES string of the molecule is Cc1ccccc1-c1c(-c2ccc3c(c2)C(C)(C)c2ccccc2-3)nc(-c2ccccc2)c[n+]1C. The molecular formula is C33H29N2+. The minimum absolute atomic E-state index is 0.0516. The van der Waals surface area contributed by atoms with Crippen LogP contribution in [0, 0.1) is 6.92 Å². The zero-order valence-corrected chi connectivity index (χ0v) is 20.7. The first-order chi connectivity index (χ1) is 16.9. The molecule has 1 heterocycles. The van der Waals surface area contributed by atoms with Gasteiger partial charge in [0.15, 0.2) is 6.20 Å². The molecule has 1 aliphatic rings. The number of aromatic nitrogens is 2. The average molecular weight is 454 g/mol. The van der Waals surface area contributed by atoms with E-state index in [0.29, 0.717) is 0 Å². The largest absolute Gasteiger partial charge is 0.239 e. The predicted molar refractivity (Wildman–Crippen MR) is 144 cm³/mol. The third-order valence-corrected chi connectivity index (χ3v) is 7.45. The zero-order chi connectivity index (χ0) is 24.2. The first-order valence-corrected chi connectivity index (χ1v) is 12.2. The summed E-state index contributed by atoms with van der Waals surface area (Å²) in [6.45, 7) is 6.84. The van der Waals surface area contributed by atoms with Crippen molar-refractivity contribution in [3.8, 4) is 44.9 Å². The van der Waals surface area contributed by atoms with Crippen molar-refractivity contribution in [3.05, 3.63) is 120 Å². The van der Waals surface area contributed by atoms with Crippen LogP contribution >= 0.6 is 0 Å².